The quantitative estimate of drug-likeness (QED) is 0.853. The smallest absolute Gasteiger partial charge is 0.412 e. The van der Waals surface area contributed by atoms with Crippen LogP contribution in [0.5, 0.6) is 0 Å². The molecule has 0 aliphatic heterocycles. The third-order valence-electron chi connectivity index (χ3n) is 1.35. The summed E-state index contributed by atoms with van der Waals surface area (Å²) in [6, 6.07) is 0. The second-order valence-corrected chi connectivity index (χ2v) is 6.20. The number of hydrogen-bond donors (Lipinski definition) is 1. The Kier molecular flexibility index (Phi) is 4.03. The SMILES string of the molecule is CC(C)(C)OC(=O)Nc1sc(Br)nc1C=O. The summed E-state index contributed by atoms with van der Waals surface area (Å²) in [5, 5.41) is 2.84. The van der Waals surface area contributed by atoms with E-state index in [0.29, 0.717) is 15.2 Å². The van der Waals surface area contributed by atoms with E-state index in [-0.39, 0.29) is 5.69 Å². The summed E-state index contributed by atoms with van der Waals surface area (Å²) in [4.78, 5) is 25.9. The van der Waals surface area contributed by atoms with Gasteiger partial charge in [0, 0.05) is 0 Å². The molecule has 5 nitrogen and oxygen atoms in total. The molecule has 16 heavy (non-hydrogen) atoms. The lowest BCUT2D eigenvalue weighted by Crippen LogP contribution is -2.27. The summed E-state index contributed by atoms with van der Waals surface area (Å²) in [6.07, 6.45) is -0.0275. The number of carbonyl (C=O) groups excluding carboxylic acids is 2. The van der Waals surface area contributed by atoms with E-state index in [4.69, 9.17) is 4.74 Å². The predicted octanol–water partition coefficient (Wildman–Crippen LogP) is 3.07. The van der Waals surface area contributed by atoms with Crippen molar-refractivity contribution in [3.8, 4) is 0 Å². The van der Waals surface area contributed by atoms with Crippen LogP contribution in [0.1, 0.15) is 31.3 Å². The Morgan fingerprint density at radius 3 is 2.69 bits per heavy atom. The summed E-state index contributed by atoms with van der Waals surface area (Å²) in [6.45, 7) is 5.28. The van der Waals surface area contributed by atoms with E-state index in [9.17, 15) is 9.59 Å². The van der Waals surface area contributed by atoms with Gasteiger partial charge >= 0.3 is 6.09 Å². The van der Waals surface area contributed by atoms with Gasteiger partial charge in [0.25, 0.3) is 0 Å². The van der Waals surface area contributed by atoms with Gasteiger partial charge in [0.1, 0.15) is 16.3 Å². The second kappa shape index (κ2) is 4.92. The number of rotatable bonds is 2. The van der Waals surface area contributed by atoms with Crippen LogP contribution in [0.4, 0.5) is 9.80 Å². The number of nitrogens with one attached hydrogen (secondary N) is 1. The number of halogens is 1. The average Bonchev–Trinajstić information content (AvgIpc) is 2.42. The number of aldehydes is 1. The Morgan fingerprint density at radius 1 is 1.56 bits per heavy atom. The number of carbonyl (C=O) groups is 2. The first-order valence-corrected chi connectivity index (χ1v) is 6.04. The summed E-state index contributed by atoms with van der Waals surface area (Å²) in [7, 11) is 0. The standard InChI is InChI=1S/C9H11BrN2O3S/c1-9(2,3)15-8(14)12-6-5(4-13)11-7(10)16-6/h4H,1-3H3,(H,12,14). The number of amides is 1. The molecule has 7 heteroatoms. The zero-order chi connectivity index (χ0) is 12.3. The predicted molar refractivity (Wildman–Crippen MR) is 65.1 cm³/mol. The molecule has 0 fully saturated rings. The summed E-state index contributed by atoms with van der Waals surface area (Å²) >= 11 is 4.29. The minimum absolute atomic E-state index is 0.183. The third kappa shape index (κ3) is 3.90. The van der Waals surface area contributed by atoms with E-state index >= 15 is 0 Å². The van der Waals surface area contributed by atoms with Gasteiger partial charge in [0.15, 0.2) is 10.2 Å². The Balaban J connectivity index is 2.73. The van der Waals surface area contributed by atoms with Crippen molar-refractivity contribution in [1.29, 1.82) is 0 Å². The highest BCUT2D eigenvalue weighted by Crippen LogP contribution is 2.27. The lowest BCUT2D eigenvalue weighted by atomic mass is 10.2. The number of ether oxygens (including phenoxy) is 1. The largest absolute Gasteiger partial charge is 0.444 e. The fraction of sp³-hybridized carbons (Fsp3) is 0.444. The third-order valence-corrected chi connectivity index (χ3v) is 2.79. The molecule has 1 rings (SSSR count). The Hall–Kier alpha value is -0.950. The van der Waals surface area contributed by atoms with Crippen molar-refractivity contribution in [3.05, 3.63) is 9.61 Å². The Bertz CT molecular complexity index is 411. The van der Waals surface area contributed by atoms with Gasteiger partial charge in [-0.25, -0.2) is 9.78 Å². The molecule has 1 aromatic rings. The Labute approximate surface area is 105 Å². The van der Waals surface area contributed by atoms with Crippen LogP contribution in [0.2, 0.25) is 0 Å². The molecular weight excluding hydrogens is 296 g/mol. The van der Waals surface area contributed by atoms with Gasteiger partial charge in [-0.2, -0.15) is 0 Å². The van der Waals surface area contributed by atoms with Gasteiger partial charge in [-0.15, -0.1) is 0 Å². The molecule has 0 saturated heterocycles. The molecule has 1 N–H and O–H groups in total. The van der Waals surface area contributed by atoms with Crippen molar-refractivity contribution in [2.75, 3.05) is 5.32 Å². The fourth-order valence-corrected chi connectivity index (χ4v) is 2.19. The number of thiazole rings is 1. The Morgan fingerprint density at radius 2 is 2.19 bits per heavy atom. The maximum atomic E-state index is 11.4. The zero-order valence-electron chi connectivity index (χ0n) is 9.04. The molecule has 0 saturated carbocycles. The highest BCUT2D eigenvalue weighted by molar-refractivity contribution is 9.11. The van der Waals surface area contributed by atoms with Crippen molar-refractivity contribution >= 4 is 44.6 Å². The van der Waals surface area contributed by atoms with Gasteiger partial charge in [-0.1, -0.05) is 11.3 Å². The van der Waals surface area contributed by atoms with Crippen molar-refractivity contribution in [2.45, 2.75) is 26.4 Å². The monoisotopic (exact) mass is 306 g/mol. The highest BCUT2D eigenvalue weighted by atomic mass is 79.9. The van der Waals surface area contributed by atoms with Crippen LogP contribution in [0.25, 0.3) is 0 Å². The van der Waals surface area contributed by atoms with Gasteiger partial charge in [0.05, 0.1) is 0 Å². The van der Waals surface area contributed by atoms with Crippen LogP contribution < -0.4 is 5.32 Å². The van der Waals surface area contributed by atoms with Gasteiger partial charge in [-0.05, 0) is 36.7 Å². The van der Waals surface area contributed by atoms with Crippen LogP contribution in [0.15, 0.2) is 3.92 Å². The second-order valence-electron chi connectivity index (χ2n) is 3.93. The van der Waals surface area contributed by atoms with Gasteiger partial charge < -0.3 is 4.74 Å². The van der Waals surface area contributed by atoms with Crippen molar-refractivity contribution in [2.24, 2.45) is 0 Å². The first-order chi connectivity index (χ1) is 7.31. The lowest BCUT2D eigenvalue weighted by molar-refractivity contribution is 0.0636. The average molecular weight is 307 g/mol. The van der Waals surface area contributed by atoms with Crippen molar-refractivity contribution in [3.63, 3.8) is 0 Å². The zero-order valence-corrected chi connectivity index (χ0v) is 11.4. The van der Waals surface area contributed by atoms with Crippen molar-refractivity contribution < 1.29 is 14.3 Å². The minimum Gasteiger partial charge on any atom is -0.444 e. The number of nitrogens with zero attached hydrogens (tertiary/aromatic N) is 1. The van der Waals surface area contributed by atoms with Crippen LogP contribution in [-0.4, -0.2) is 23.0 Å². The van der Waals surface area contributed by atoms with Crippen LogP contribution in [-0.2, 0) is 4.74 Å². The van der Waals surface area contributed by atoms with Crippen molar-refractivity contribution in [1.82, 2.24) is 4.98 Å². The number of hydrogen-bond acceptors (Lipinski definition) is 5. The maximum Gasteiger partial charge on any atom is 0.412 e. The maximum absolute atomic E-state index is 11.4. The van der Waals surface area contributed by atoms with E-state index in [1.165, 1.54) is 0 Å². The molecule has 0 aliphatic rings. The minimum atomic E-state index is -0.605. The molecule has 0 radical (unpaired) electrons. The highest BCUT2D eigenvalue weighted by Gasteiger charge is 2.18. The van der Waals surface area contributed by atoms with E-state index < -0.39 is 11.7 Å². The summed E-state index contributed by atoms with van der Waals surface area (Å²) < 4.78 is 5.58. The van der Waals surface area contributed by atoms with Crippen LogP contribution >= 0.6 is 27.3 Å². The van der Waals surface area contributed by atoms with E-state index in [2.05, 4.69) is 26.2 Å². The molecule has 0 spiro atoms. The number of anilines is 1. The number of aromatic nitrogens is 1. The first-order valence-electron chi connectivity index (χ1n) is 4.43. The van der Waals surface area contributed by atoms with Crippen LogP contribution in [0.3, 0.4) is 0 Å². The fourth-order valence-electron chi connectivity index (χ4n) is 0.871. The van der Waals surface area contributed by atoms with Crippen LogP contribution in [0, 0.1) is 0 Å². The molecule has 0 unspecified atom stereocenters. The molecular formula is C9H11BrN2O3S. The lowest BCUT2D eigenvalue weighted by Gasteiger charge is -2.19. The normalized spacial score (nSPS) is 11.0. The first kappa shape index (κ1) is 13.1. The van der Waals surface area contributed by atoms with E-state index in [1.807, 2.05) is 0 Å². The molecule has 1 aromatic heterocycles. The molecule has 0 aromatic carbocycles. The van der Waals surface area contributed by atoms with Gasteiger partial charge in [-0.3, -0.25) is 10.1 Å². The summed E-state index contributed by atoms with van der Waals surface area (Å²) in [5.41, 5.74) is -0.393. The molecule has 0 bridgehead atoms. The molecule has 0 atom stereocenters. The molecule has 1 heterocycles. The van der Waals surface area contributed by atoms with E-state index in [1.54, 1.807) is 20.8 Å². The molecule has 0 aliphatic carbocycles. The topological polar surface area (TPSA) is 68.3 Å². The van der Waals surface area contributed by atoms with E-state index in [0.717, 1.165) is 11.3 Å². The molecule has 1 amide bonds. The summed E-state index contributed by atoms with van der Waals surface area (Å²) in [5.74, 6) is 0. The molecule has 88 valence electrons. The van der Waals surface area contributed by atoms with Gasteiger partial charge in [0.2, 0.25) is 0 Å².